The van der Waals surface area contributed by atoms with Crippen LogP contribution in [0.1, 0.15) is 33.6 Å². The lowest BCUT2D eigenvalue weighted by Crippen LogP contribution is -2.42. The predicted octanol–water partition coefficient (Wildman–Crippen LogP) is -0.0125. The predicted molar refractivity (Wildman–Crippen MR) is 63.4 cm³/mol. The van der Waals surface area contributed by atoms with E-state index in [0.717, 1.165) is 6.42 Å². The first kappa shape index (κ1) is 14.9. The van der Waals surface area contributed by atoms with E-state index in [-0.39, 0.29) is 24.3 Å². The summed E-state index contributed by atoms with van der Waals surface area (Å²) < 4.78 is 0. The quantitative estimate of drug-likeness (QED) is 0.572. The van der Waals surface area contributed by atoms with E-state index in [1.54, 1.807) is 6.92 Å². The maximum Gasteiger partial charge on any atom is 0.224 e. The molecule has 0 aromatic rings. The van der Waals surface area contributed by atoms with Crippen molar-refractivity contribution < 1.29 is 9.59 Å². The first-order valence-corrected chi connectivity index (χ1v) is 5.65. The molecule has 2 unspecified atom stereocenters. The molecule has 0 heterocycles. The molecule has 0 radical (unpaired) electrons. The van der Waals surface area contributed by atoms with Crippen LogP contribution in [0.5, 0.6) is 0 Å². The summed E-state index contributed by atoms with van der Waals surface area (Å²) in [6.07, 6.45) is 0.913. The number of hydrogen-bond donors (Lipinski definition) is 3. The Hall–Kier alpha value is -1.10. The molecule has 0 aliphatic carbocycles. The van der Waals surface area contributed by atoms with Crippen molar-refractivity contribution in [3.05, 3.63) is 0 Å². The molecule has 16 heavy (non-hydrogen) atoms. The van der Waals surface area contributed by atoms with Crippen LogP contribution < -0.4 is 16.8 Å². The van der Waals surface area contributed by atoms with Crippen molar-refractivity contribution in [1.82, 2.24) is 5.32 Å². The van der Waals surface area contributed by atoms with Gasteiger partial charge in [0, 0.05) is 19.0 Å². The Kier molecular flexibility index (Phi) is 6.72. The van der Waals surface area contributed by atoms with Gasteiger partial charge in [0.1, 0.15) is 0 Å². The van der Waals surface area contributed by atoms with Gasteiger partial charge in [-0.25, -0.2) is 0 Å². The molecule has 0 aliphatic heterocycles. The topological polar surface area (TPSA) is 98.2 Å². The highest BCUT2D eigenvalue weighted by Crippen LogP contribution is 2.11. The Labute approximate surface area is 96.9 Å². The molecule has 2 amide bonds. The molecule has 2 atom stereocenters. The van der Waals surface area contributed by atoms with E-state index in [0.29, 0.717) is 12.5 Å². The molecule has 0 bridgehead atoms. The molecular weight excluding hydrogens is 206 g/mol. The summed E-state index contributed by atoms with van der Waals surface area (Å²) >= 11 is 0. The number of primary amides is 1. The first-order valence-electron chi connectivity index (χ1n) is 5.65. The summed E-state index contributed by atoms with van der Waals surface area (Å²) in [6.45, 7) is 6.17. The molecule has 0 rings (SSSR count). The van der Waals surface area contributed by atoms with Crippen molar-refractivity contribution >= 4 is 11.8 Å². The summed E-state index contributed by atoms with van der Waals surface area (Å²) in [7, 11) is 0. The SMILES string of the molecule is CC(C)CC(CN)C(=O)NC(C)CC(N)=O. The van der Waals surface area contributed by atoms with Crippen molar-refractivity contribution in [1.29, 1.82) is 0 Å². The second-order valence-corrected chi connectivity index (χ2v) is 4.64. The Bertz CT molecular complexity index is 241. The lowest BCUT2D eigenvalue weighted by molar-refractivity contribution is -0.126. The zero-order chi connectivity index (χ0) is 12.7. The number of nitrogens with one attached hydrogen (secondary N) is 1. The summed E-state index contributed by atoms with van der Waals surface area (Å²) in [5.41, 5.74) is 10.6. The van der Waals surface area contributed by atoms with E-state index in [9.17, 15) is 9.59 Å². The monoisotopic (exact) mass is 229 g/mol. The number of carbonyl (C=O) groups is 2. The third-order valence-corrected chi connectivity index (χ3v) is 2.31. The molecule has 5 N–H and O–H groups in total. The van der Waals surface area contributed by atoms with Gasteiger partial charge in [0.05, 0.1) is 5.92 Å². The van der Waals surface area contributed by atoms with Gasteiger partial charge in [0.25, 0.3) is 0 Å². The Morgan fingerprint density at radius 1 is 1.25 bits per heavy atom. The molecule has 0 aliphatic rings. The zero-order valence-corrected chi connectivity index (χ0v) is 10.3. The molecule has 5 nitrogen and oxygen atoms in total. The maximum atomic E-state index is 11.8. The fourth-order valence-electron chi connectivity index (χ4n) is 1.59. The van der Waals surface area contributed by atoms with Gasteiger partial charge in [-0.15, -0.1) is 0 Å². The number of rotatable bonds is 7. The Morgan fingerprint density at radius 3 is 2.19 bits per heavy atom. The third-order valence-electron chi connectivity index (χ3n) is 2.31. The summed E-state index contributed by atoms with van der Waals surface area (Å²) in [6, 6.07) is -0.230. The van der Waals surface area contributed by atoms with Crippen LogP contribution in [0.4, 0.5) is 0 Å². The minimum Gasteiger partial charge on any atom is -0.370 e. The summed E-state index contributed by atoms with van der Waals surface area (Å²) in [5, 5.41) is 2.75. The van der Waals surface area contributed by atoms with Crippen LogP contribution >= 0.6 is 0 Å². The van der Waals surface area contributed by atoms with Gasteiger partial charge in [0.2, 0.25) is 11.8 Å². The maximum absolute atomic E-state index is 11.8. The van der Waals surface area contributed by atoms with E-state index < -0.39 is 5.91 Å². The Morgan fingerprint density at radius 2 is 1.81 bits per heavy atom. The second kappa shape index (κ2) is 7.22. The van der Waals surface area contributed by atoms with E-state index in [1.165, 1.54) is 0 Å². The Balaban J connectivity index is 4.15. The van der Waals surface area contributed by atoms with Crippen LogP contribution in [0.25, 0.3) is 0 Å². The van der Waals surface area contributed by atoms with Crippen LogP contribution in [0.2, 0.25) is 0 Å². The third kappa shape index (κ3) is 6.40. The largest absolute Gasteiger partial charge is 0.370 e. The van der Waals surface area contributed by atoms with Gasteiger partial charge in [0.15, 0.2) is 0 Å². The average Bonchev–Trinajstić information content (AvgIpc) is 2.11. The average molecular weight is 229 g/mol. The van der Waals surface area contributed by atoms with Crippen molar-refractivity contribution in [3.8, 4) is 0 Å². The van der Waals surface area contributed by atoms with Gasteiger partial charge in [-0.3, -0.25) is 9.59 Å². The van der Waals surface area contributed by atoms with E-state index in [2.05, 4.69) is 5.32 Å². The van der Waals surface area contributed by atoms with Crippen LogP contribution in [0.15, 0.2) is 0 Å². The van der Waals surface area contributed by atoms with Crippen molar-refractivity contribution in [2.75, 3.05) is 6.54 Å². The zero-order valence-electron chi connectivity index (χ0n) is 10.3. The molecule has 0 saturated carbocycles. The molecule has 0 fully saturated rings. The number of nitrogens with two attached hydrogens (primary N) is 2. The smallest absolute Gasteiger partial charge is 0.224 e. The standard InChI is InChI=1S/C11H23N3O2/c1-7(2)4-9(6-12)11(16)14-8(3)5-10(13)15/h7-9H,4-6,12H2,1-3H3,(H2,13,15)(H,14,16). The van der Waals surface area contributed by atoms with Gasteiger partial charge in [-0.05, 0) is 19.3 Å². The lowest BCUT2D eigenvalue weighted by Gasteiger charge is -2.19. The van der Waals surface area contributed by atoms with E-state index in [1.807, 2.05) is 13.8 Å². The number of carbonyl (C=O) groups excluding carboxylic acids is 2. The molecule has 0 saturated heterocycles. The fourth-order valence-corrected chi connectivity index (χ4v) is 1.59. The number of amides is 2. The second-order valence-electron chi connectivity index (χ2n) is 4.64. The van der Waals surface area contributed by atoms with E-state index in [4.69, 9.17) is 11.5 Å². The minimum atomic E-state index is -0.416. The molecule has 94 valence electrons. The van der Waals surface area contributed by atoms with Crippen molar-refractivity contribution in [2.24, 2.45) is 23.3 Å². The lowest BCUT2D eigenvalue weighted by atomic mass is 9.96. The fraction of sp³-hybridized carbons (Fsp3) is 0.818. The first-order chi connectivity index (χ1) is 7.36. The highest BCUT2D eigenvalue weighted by molar-refractivity contribution is 5.80. The van der Waals surface area contributed by atoms with Crippen LogP contribution in [0.3, 0.4) is 0 Å². The molecule has 0 spiro atoms. The minimum absolute atomic E-state index is 0.0926. The highest BCUT2D eigenvalue weighted by Gasteiger charge is 2.20. The van der Waals surface area contributed by atoms with Crippen LogP contribution in [0, 0.1) is 11.8 Å². The van der Waals surface area contributed by atoms with E-state index >= 15 is 0 Å². The van der Waals surface area contributed by atoms with Gasteiger partial charge >= 0.3 is 0 Å². The normalized spacial score (nSPS) is 14.6. The van der Waals surface area contributed by atoms with Crippen LogP contribution in [-0.2, 0) is 9.59 Å². The highest BCUT2D eigenvalue weighted by atomic mass is 16.2. The number of hydrogen-bond acceptors (Lipinski definition) is 3. The molecule has 0 aromatic heterocycles. The molecule has 0 aromatic carbocycles. The molecular formula is C11H23N3O2. The molecule has 5 heteroatoms. The summed E-state index contributed by atoms with van der Waals surface area (Å²) in [4.78, 5) is 22.4. The van der Waals surface area contributed by atoms with Crippen molar-refractivity contribution in [3.63, 3.8) is 0 Å². The summed E-state index contributed by atoms with van der Waals surface area (Å²) in [5.74, 6) is -0.271. The van der Waals surface area contributed by atoms with Crippen molar-refractivity contribution in [2.45, 2.75) is 39.7 Å². The van der Waals surface area contributed by atoms with Gasteiger partial charge in [-0.1, -0.05) is 13.8 Å². The van der Waals surface area contributed by atoms with Gasteiger partial charge < -0.3 is 16.8 Å². The van der Waals surface area contributed by atoms with Gasteiger partial charge in [-0.2, -0.15) is 0 Å². The van der Waals surface area contributed by atoms with Crippen LogP contribution in [-0.4, -0.2) is 24.4 Å².